The Bertz CT molecular complexity index is 1640. The molecule has 0 spiro atoms. The number of allylic oxidation sites excluding steroid dienone is 26. The predicted molar refractivity (Wildman–Crippen MR) is 306 cm³/mol. The zero-order chi connectivity index (χ0) is 51.4. The molecule has 0 aliphatic rings. The molecule has 0 bridgehead atoms. The molecule has 0 aromatic carbocycles. The molecule has 0 aliphatic heterocycles. The third-order valence-electron chi connectivity index (χ3n) is 11.0. The largest absolute Gasteiger partial charge is 0.462 e. The van der Waals surface area contributed by atoms with E-state index in [2.05, 4.69) is 179 Å². The second-order valence-electron chi connectivity index (χ2n) is 17.7. The van der Waals surface area contributed by atoms with Gasteiger partial charge in [0, 0.05) is 19.3 Å². The Morgan fingerprint density at radius 1 is 0.296 bits per heavy atom. The van der Waals surface area contributed by atoms with Crippen molar-refractivity contribution in [2.24, 2.45) is 0 Å². The van der Waals surface area contributed by atoms with Gasteiger partial charge in [-0.1, -0.05) is 211 Å². The molecule has 0 aliphatic carbocycles. The lowest BCUT2D eigenvalue weighted by atomic mass is 10.1. The minimum absolute atomic E-state index is 0.131. The number of ether oxygens (including phenoxy) is 3. The number of rotatable bonds is 48. The van der Waals surface area contributed by atoms with Crippen molar-refractivity contribution in [1.29, 1.82) is 0 Å². The standard InChI is InChI=1S/C65H100O6/c1-4-7-10-13-16-19-22-25-28-31-32-35-37-40-43-46-49-52-55-58-64(67)70-61-62(71-65(68)59-56-53-50-47-44-41-38-34-30-27-24-21-18-15-12-9-6-3)60-69-63(66)57-54-51-48-45-42-39-36-33-29-26-23-20-17-14-11-8-5-2/h7,9-10,12,16-21,25-30,32,35-36,38-41,43,47,50,62H,4-6,8,11,13-15,22-24,31,33-34,37,42,44-46,48-49,51-61H2,1-3H3/b10-7-,12-9-,19-16-,20-17-,21-18-,28-25-,29-26-,30-27-,35-32-,39-36-,41-38-,43-40-,50-47-/t62-/m0/s1. The van der Waals surface area contributed by atoms with Crippen LogP contribution in [-0.2, 0) is 28.6 Å². The molecule has 0 saturated carbocycles. The van der Waals surface area contributed by atoms with Crippen LogP contribution in [0, 0.1) is 0 Å². The number of hydrogen-bond acceptors (Lipinski definition) is 6. The molecule has 0 saturated heterocycles. The molecule has 0 heterocycles. The zero-order valence-electron chi connectivity index (χ0n) is 45.2. The maximum absolute atomic E-state index is 12.8. The van der Waals surface area contributed by atoms with Crippen LogP contribution in [0.15, 0.2) is 158 Å². The highest BCUT2D eigenvalue weighted by Crippen LogP contribution is 2.11. The Kier molecular flexibility index (Phi) is 53.6. The normalized spacial score (nSPS) is 13.3. The van der Waals surface area contributed by atoms with Crippen molar-refractivity contribution in [3.63, 3.8) is 0 Å². The summed E-state index contributed by atoms with van der Waals surface area (Å²) in [7, 11) is 0. The summed E-state index contributed by atoms with van der Waals surface area (Å²) in [6.07, 6.45) is 83.7. The molecule has 0 radical (unpaired) electrons. The average molecular weight is 978 g/mol. The lowest BCUT2D eigenvalue weighted by molar-refractivity contribution is -0.167. The van der Waals surface area contributed by atoms with Crippen LogP contribution in [-0.4, -0.2) is 37.2 Å². The van der Waals surface area contributed by atoms with E-state index in [1.165, 1.54) is 25.7 Å². The minimum atomic E-state index is -0.840. The lowest BCUT2D eigenvalue weighted by Crippen LogP contribution is -2.30. The van der Waals surface area contributed by atoms with Gasteiger partial charge in [0.2, 0.25) is 0 Å². The van der Waals surface area contributed by atoms with Crippen LogP contribution in [0.1, 0.15) is 213 Å². The van der Waals surface area contributed by atoms with Gasteiger partial charge in [-0.15, -0.1) is 0 Å². The fourth-order valence-corrected chi connectivity index (χ4v) is 6.86. The molecule has 0 fully saturated rings. The zero-order valence-corrected chi connectivity index (χ0v) is 45.2. The highest BCUT2D eigenvalue weighted by molar-refractivity contribution is 5.71. The molecule has 1 atom stereocenters. The molecule has 0 aromatic heterocycles. The first-order valence-electron chi connectivity index (χ1n) is 28.0. The van der Waals surface area contributed by atoms with Gasteiger partial charge in [-0.05, 0) is 141 Å². The highest BCUT2D eigenvalue weighted by atomic mass is 16.6. The van der Waals surface area contributed by atoms with Gasteiger partial charge in [-0.3, -0.25) is 14.4 Å². The molecule has 6 nitrogen and oxygen atoms in total. The topological polar surface area (TPSA) is 78.9 Å². The second kappa shape index (κ2) is 57.6. The van der Waals surface area contributed by atoms with E-state index >= 15 is 0 Å². The van der Waals surface area contributed by atoms with E-state index in [0.29, 0.717) is 19.3 Å². The van der Waals surface area contributed by atoms with Crippen molar-refractivity contribution < 1.29 is 28.6 Å². The Labute approximate surface area is 435 Å². The first-order valence-corrected chi connectivity index (χ1v) is 28.0. The van der Waals surface area contributed by atoms with Gasteiger partial charge in [0.05, 0.1) is 0 Å². The summed E-state index contributed by atoms with van der Waals surface area (Å²) in [6, 6.07) is 0. The van der Waals surface area contributed by atoms with Gasteiger partial charge in [0.25, 0.3) is 0 Å². The van der Waals surface area contributed by atoms with Crippen LogP contribution in [0.4, 0.5) is 0 Å². The Morgan fingerprint density at radius 3 is 0.901 bits per heavy atom. The molecule has 0 aromatic rings. The van der Waals surface area contributed by atoms with Gasteiger partial charge in [-0.2, -0.15) is 0 Å². The number of unbranched alkanes of at least 4 members (excludes halogenated alkanes) is 11. The molecular formula is C65H100O6. The maximum atomic E-state index is 12.8. The number of carbonyl (C=O) groups excluding carboxylic acids is 3. The SMILES string of the molecule is CC/C=C\C/C=C\C/C=C\C/C=C\C/C=C\CCCCCC(=O)OC[C@H](COC(=O)CCCCCC/C=C\C/C=C\C/C=C\CCCCC)OC(=O)CCC/C=C\C/C=C\C/C=C\C/C=C\C/C=C\CC. The number of esters is 3. The van der Waals surface area contributed by atoms with E-state index in [1.807, 2.05) is 0 Å². The Hall–Kier alpha value is -4.97. The number of hydrogen-bond donors (Lipinski definition) is 0. The molecule has 0 N–H and O–H groups in total. The van der Waals surface area contributed by atoms with Gasteiger partial charge in [0.1, 0.15) is 13.2 Å². The maximum Gasteiger partial charge on any atom is 0.306 e. The fourth-order valence-electron chi connectivity index (χ4n) is 6.86. The van der Waals surface area contributed by atoms with E-state index < -0.39 is 6.10 Å². The van der Waals surface area contributed by atoms with Crippen LogP contribution in [0.2, 0.25) is 0 Å². The third-order valence-corrected chi connectivity index (χ3v) is 11.0. The summed E-state index contributed by atoms with van der Waals surface area (Å²) >= 11 is 0. The minimum Gasteiger partial charge on any atom is -0.462 e. The first kappa shape index (κ1) is 66.0. The molecule has 71 heavy (non-hydrogen) atoms. The van der Waals surface area contributed by atoms with E-state index in [1.54, 1.807) is 0 Å². The molecular weight excluding hydrogens is 877 g/mol. The monoisotopic (exact) mass is 977 g/mol. The fraction of sp³-hybridized carbons (Fsp3) is 0.554. The van der Waals surface area contributed by atoms with Crippen LogP contribution in [0.3, 0.4) is 0 Å². The van der Waals surface area contributed by atoms with Gasteiger partial charge in [0.15, 0.2) is 6.10 Å². The average Bonchev–Trinajstić information content (AvgIpc) is 3.37. The van der Waals surface area contributed by atoms with Crippen LogP contribution in [0.5, 0.6) is 0 Å². The third kappa shape index (κ3) is 55.8. The van der Waals surface area contributed by atoms with Crippen molar-refractivity contribution >= 4 is 17.9 Å². The van der Waals surface area contributed by atoms with Gasteiger partial charge in [-0.25, -0.2) is 0 Å². The second-order valence-corrected chi connectivity index (χ2v) is 17.7. The summed E-state index contributed by atoms with van der Waals surface area (Å²) in [5, 5.41) is 0. The van der Waals surface area contributed by atoms with Crippen molar-refractivity contribution in [2.75, 3.05) is 13.2 Å². The summed E-state index contributed by atoms with van der Waals surface area (Å²) in [6.45, 7) is 6.27. The quantitative estimate of drug-likeness (QED) is 0.0262. The van der Waals surface area contributed by atoms with Crippen molar-refractivity contribution in [2.45, 2.75) is 219 Å². The van der Waals surface area contributed by atoms with Crippen LogP contribution in [0.25, 0.3) is 0 Å². The van der Waals surface area contributed by atoms with Crippen LogP contribution >= 0.6 is 0 Å². The molecule has 396 valence electrons. The number of carbonyl (C=O) groups is 3. The Morgan fingerprint density at radius 2 is 0.563 bits per heavy atom. The molecule has 0 unspecified atom stereocenters. The molecule has 0 rings (SSSR count). The van der Waals surface area contributed by atoms with E-state index in [0.717, 1.165) is 141 Å². The van der Waals surface area contributed by atoms with Crippen molar-refractivity contribution in [3.8, 4) is 0 Å². The van der Waals surface area contributed by atoms with Crippen molar-refractivity contribution in [1.82, 2.24) is 0 Å². The lowest BCUT2D eigenvalue weighted by Gasteiger charge is -2.18. The van der Waals surface area contributed by atoms with Crippen LogP contribution < -0.4 is 0 Å². The van der Waals surface area contributed by atoms with Gasteiger partial charge >= 0.3 is 17.9 Å². The summed E-state index contributed by atoms with van der Waals surface area (Å²) in [5.41, 5.74) is 0. The van der Waals surface area contributed by atoms with Crippen molar-refractivity contribution in [3.05, 3.63) is 158 Å². The first-order chi connectivity index (χ1) is 35.0. The summed E-state index contributed by atoms with van der Waals surface area (Å²) in [4.78, 5) is 38.1. The predicted octanol–water partition coefficient (Wildman–Crippen LogP) is 19.0. The van der Waals surface area contributed by atoms with E-state index in [9.17, 15) is 14.4 Å². The van der Waals surface area contributed by atoms with E-state index in [-0.39, 0.29) is 37.5 Å². The van der Waals surface area contributed by atoms with Gasteiger partial charge < -0.3 is 14.2 Å². The highest BCUT2D eigenvalue weighted by Gasteiger charge is 2.19. The molecule has 6 heteroatoms. The van der Waals surface area contributed by atoms with E-state index in [4.69, 9.17) is 14.2 Å². The Balaban J connectivity index is 4.62. The molecule has 0 amide bonds. The summed E-state index contributed by atoms with van der Waals surface area (Å²) < 4.78 is 16.8. The smallest absolute Gasteiger partial charge is 0.306 e. The summed E-state index contributed by atoms with van der Waals surface area (Å²) in [5.74, 6) is -1.05.